The van der Waals surface area contributed by atoms with Crippen molar-refractivity contribution in [3.8, 4) is 0 Å². The zero-order valence-corrected chi connectivity index (χ0v) is 17.2. The number of amides is 1. The van der Waals surface area contributed by atoms with E-state index in [2.05, 4.69) is 5.32 Å². The fourth-order valence-corrected chi connectivity index (χ4v) is 3.97. The van der Waals surface area contributed by atoms with Crippen molar-refractivity contribution in [3.63, 3.8) is 0 Å². The molecule has 0 aliphatic carbocycles. The Morgan fingerprint density at radius 3 is 2.21 bits per heavy atom. The topological polar surface area (TPSA) is 66.5 Å². The monoisotopic (exact) mass is 428 g/mol. The van der Waals surface area contributed by atoms with Gasteiger partial charge in [-0.05, 0) is 55.7 Å². The molecule has 0 fully saturated rings. The predicted molar refractivity (Wildman–Crippen MR) is 107 cm³/mol. The number of para-hydroxylation sites is 1. The highest BCUT2D eigenvalue weighted by molar-refractivity contribution is 7.92. The molecule has 1 N–H and O–H groups in total. The minimum absolute atomic E-state index is 0.0378. The second-order valence-electron chi connectivity index (χ2n) is 6.88. The van der Waals surface area contributed by atoms with E-state index in [0.717, 1.165) is 23.4 Å². The molecule has 0 aliphatic rings. The predicted octanol–water partition coefficient (Wildman–Crippen LogP) is 4.51. The summed E-state index contributed by atoms with van der Waals surface area (Å²) in [5.74, 6) is -0.615. The van der Waals surface area contributed by atoms with Gasteiger partial charge in [0.05, 0.1) is 23.2 Å². The minimum Gasteiger partial charge on any atom is -0.326 e. The number of carbonyl (C=O) groups is 1. The number of anilines is 2. The van der Waals surface area contributed by atoms with Crippen molar-refractivity contribution in [2.45, 2.75) is 32.9 Å². The summed E-state index contributed by atoms with van der Waals surface area (Å²) < 4.78 is 64.6. The molecule has 0 atom stereocenters. The number of benzene rings is 2. The molecule has 0 saturated heterocycles. The molecule has 0 radical (unpaired) electrons. The second-order valence-corrected chi connectivity index (χ2v) is 8.78. The van der Waals surface area contributed by atoms with Crippen LogP contribution in [0.2, 0.25) is 0 Å². The number of nitrogens with one attached hydrogen (secondary N) is 1. The first kappa shape index (κ1) is 22.7. The molecule has 0 unspecified atom stereocenters. The molecule has 0 bridgehead atoms. The summed E-state index contributed by atoms with van der Waals surface area (Å²) in [5, 5.41) is 2.26. The summed E-state index contributed by atoms with van der Waals surface area (Å²) >= 11 is 0. The van der Waals surface area contributed by atoms with Crippen LogP contribution in [-0.4, -0.2) is 27.1 Å². The number of hydrogen-bond donors (Lipinski definition) is 1. The number of nitrogens with zero attached hydrogens (tertiary/aromatic N) is 1. The van der Waals surface area contributed by atoms with Crippen molar-refractivity contribution >= 4 is 27.3 Å². The Bertz CT molecular complexity index is 968. The van der Waals surface area contributed by atoms with Crippen LogP contribution < -0.4 is 9.62 Å². The molecule has 1 amide bonds. The fraction of sp³-hybridized carbons (Fsp3) is 0.350. The summed E-state index contributed by atoms with van der Waals surface area (Å²) in [7, 11) is -3.58. The van der Waals surface area contributed by atoms with E-state index in [1.54, 1.807) is 12.1 Å². The van der Waals surface area contributed by atoms with Crippen LogP contribution in [-0.2, 0) is 21.0 Å². The van der Waals surface area contributed by atoms with E-state index < -0.39 is 27.7 Å². The molecule has 158 valence electrons. The van der Waals surface area contributed by atoms with Gasteiger partial charge in [-0.2, -0.15) is 13.2 Å². The number of hydrogen-bond acceptors (Lipinski definition) is 3. The van der Waals surface area contributed by atoms with Gasteiger partial charge in [-0.25, -0.2) is 8.42 Å². The molecule has 0 saturated carbocycles. The molecule has 2 aromatic carbocycles. The van der Waals surface area contributed by atoms with E-state index in [1.807, 2.05) is 19.9 Å². The highest BCUT2D eigenvalue weighted by Gasteiger charge is 2.33. The van der Waals surface area contributed by atoms with Gasteiger partial charge in [0.2, 0.25) is 15.9 Å². The van der Waals surface area contributed by atoms with Gasteiger partial charge in [0, 0.05) is 13.0 Å². The third-order valence-corrected chi connectivity index (χ3v) is 5.36. The number of halogens is 3. The van der Waals surface area contributed by atoms with Gasteiger partial charge in [-0.15, -0.1) is 0 Å². The normalized spacial score (nSPS) is 11.9. The Balaban J connectivity index is 2.06. The molecule has 9 heteroatoms. The van der Waals surface area contributed by atoms with Crippen LogP contribution in [0.3, 0.4) is 0 Å². The molecule has 0 spiro atoms. The summed E-state index contributed by atoms with van der Waals surface area (Å²) in [5.41, 5.74) is 1.04. The smallest absolute Gasteiger partial charge is 0.326 e. The summed E-state index contributed by atoms with van der Waals surface area (Å²) in [6.07, 6.45) is -3.48. The van der Waals surface area contributed by atoms with E-state index >= 15 is 0 Å². The van der Waals surface area contributed by atoms with Crippen LogP contribution >= 0.6 is 0 Å². The van der Waals surface area contributed by atoms with E-state index in [4.69, 9.17) is 0 Å². The highest BCUT2D eigenvalue weighted by Crippen LogP contribution is 2.34. The van der Waals surface area contributed by atoms with Gasteiger partial charge >= 0.3 is 6.18 Å². The van der Waals surface area contributed by atoms with Gasteiger partial charge in [-0.3, -0.25) is 9.10 Å². The van der Waals surface area contributed by atoms with E-state index in [9.17, 15) is 26.4 Å². The first-order valence-electron chi connectivity index (χ1n) is 8.90. The number of aryl methyl sites for hydroxylation is 2. The van der Waals surface area contributed by atoms with Crippen molar-refractivity contribution in [2.24, 2.45) is 0 Å². The standard InChI is InChI=1S/C20H23F3N2O3S/c1-14-11-15(2)13-16(12-14)25(29(3,27)28)10-6-9-19(26)24-18-8-5-4-7-17(18)20(21,22)23/h4-5,7-8,11-13H,6,9-10H2,1-3H3,(H,24,26). The van der Waals surface area contributed by atoms with E-state index in [0.29, 0.717) is 5.69 Å². The zero-order chi connectivity index (χ0) is 21.8. The molecule has 0 aromatic heterocycles. The Morgan fingerprint density at radius 2 is 1.66 bits per heavy atom. The molecular weight excluding hydrogens is 405 g/mol. The van der Waals surface area contributed by atoms with Crippen molar-refractivity contribution in [1.29, 1.82) is 0 Å². The molecule has 2 rings (SSSR count). The Morgan fingerprint density at radius 1 is 1.07 bits per heavy atom. The maximum absolute atomic E-state index is 13.0. The quantitative estimate of drug-likeness (QED) is 0.706. The summed E-state index contributed by atoms with van der Waals surface area (Å²) in [4.78, 5) is 12.1. The van der Waals surface area contributed by atoms with Gasteiger partial charge in [0.1, 0.15) is 0 Å². The Labute approximate surface area is 168 Å². The Kier molecular flexibility index (Phi) is 6.94. The maximum atomic E-state index is 13.0. The average molecular weight is 428 g/mol. The third-order valence-electron chi connectivity index (χ3n) is 4.17. The van der Waals surface area contributed by atoms with Gasteiger partial charge in [0.25, 0.3) is 0 Å². The van der Waals surface area contributed by atoms with Crippen LogP contribution in [0.15, 0.2) is 42.5 Å². The lowest BCUT2D eigenvalue weighted by Crippen LogP contribution is -2.31. The molecule has 2 aromatic rings. The van der Waals surface area contributed by atoms with Crippen molar-refractivity contribution in [1.82, 2.24) is 0 Å². The SMILES string of the molecule is Cc1cc(C)cc(N(CCCC(=O)Nc2ccccc2C(F)(F)F)S(C)(=O)=O)c1. The van der Waals surface area contributed by atoms with Crippen molar-refractivity contribution < 1.29 is 26.4 Å². The lowest BCUT2D eigenvalue weighted by atomic mass is 10.1. The van der Waals surface area contributed by atoms with Crippen molar-refractivity contribution in [3.05, 3.63) is 59.2 Å². The second kappa shape index (κ2) is 8.86. The van der Waals surface area contributed by atoms with Gasteiger partial charge < -0.3 is 5.32 Å². The van der Waals surface area contributed by atoms with Gasteiger partial charge in [0.15, 0.2) is 0 Å². The third kappa shape index (κ3) is 6.49. The van der Waals surface area contributed by atoms with E-state index in [-0.39, 0.29) is 25.1 Å². The average Bonchev–Trinajstić information content (AvgIpc) is 2.56. The number of rotatable bonds is 7. The number of alkyl halides is 3. The molecule has 5 nitrogen and oxygen atoms in total. The minimum atomic E-state index is -4.58. The number of carbonyl (C=O) groups excluding carboxylic acids is 1. The van der Waals surface area contributed by atoms with Crippen molar-refractivity contribution in [2.75, 3.05) is 22.4 Å². The van der Waals surface area contributed by atoms with Gasteiger partial charge in [-0.1, -0.05) is 18.2 Å². The van der Waals surface area contributed by atoms with Crippen LogP contribution in [0, 0.1) is 13.8 Å². The molecule has 0 aliphatic heterocycles. The largest absolute Gasteiger partial charge is 0.418 e. The Hall–Kier alpha value is -2.55. The zero-order valence-electron chi connectivity index (χ0n) is 16.4. The first-order chi connectivity index (χ1) is 13.4. The molecule has 0 heterocycles. The van der Waals surface area contributed by atoms with Crippen LogP contribution in [0.5, 0.6) is 0 Å². The highest BCUT2D eigenvalue weighted by atomic mass is 32.2. The van der Waals surface area contributed by atoms with Crippen LogP contribution in [0.1, 0.15) is 29.5 Å². The lowest BCUT2D eigenvalue weighted by Gasteiger charge is -2.23. The maximum Gasteiger partial charge on any atom is 0.418 e. The summed E-state index contributed by atoms with van der Waals surface area (Å²) in [6, 6.07) is 10.1. The molecular formula is C20H23F3N2O3S. The first-order valence-corrected chi connectivity index (χ1v) is 10.7. The lowest BCUT2D eigenvalue weighted by molar-refractivity contribution is -0.137. The fourth-order valence-electron chi connectivity index (χ4n) is 3.02. The molecule has 29 heavy (non-hydrogen) atoms. The summed E-state index contributed by atoms with van der Waals surface area (Å²) in [6.45, 7) is 3.74. The van der Waals surface area contributed by atoms with Crippen LogP contribution in [0.25, 0.3) is 0 Å². The van der Waals surface area contributed by atoms with Crippen LogP contribution in [0.4, 0.5) is 24.5 Å². The van der Waals surface area contributed by atoms with E-state index in [1.165, 1.54) is 22.5 Å². The number of sulfonamides is 1.